The molecule has 0 atom stereocenters. The van der Waals surface area contributed by atoms with Crippen LogP contribution in [0.5, 0.6) is 0 Å². The Balaban J connectivity index is 2.50. The topological polar surface area (TPSA) is 12.0 Å². The first kappa shape index (κ1) is 12.4. The Morgan fingerprint density at radius 1 is 1.13 bits per heavy atom. The molecule has 1 N–H and O–H groups in total. The molecule has 1 rings (SSSR count). The minimum absolute atomic E-state index is 0.331. The highest BCUT2D eigenvalue weighted by Gasteiger charge is 2.08. The van der Waals surface area contributed by atoms with Crippen molar-refractivity contribution in [3.8, 4) is 0 Å². The number of benzene rings is 1. The number of anilines is 1. The second-order valence-corrected chi connectivity index (χ2v) is 5.91. The Kier molecular flexibility index (Phi) is 4.52. The van der Waals surface area contributed by atoms with Crippen molar-refractivity contribution in [2.24, 2.45) is 5.41 Å². The molecule has 0 unspecified atom stereocenters. The van der Waals surface area contributed by atoms with E-state index in [-0.39, 0.29) is 0 Å². The van der Waals surface area contributed by atoms with Gasteiger partial charge in [-0.05, 0) is 29.4 Å². The maximum atomic E-state index is 3.45. The van der Waals surface area contributed by atoms with Crippen LogP contribution in [0.1, 0.15) is 26.3 Å². The molecule has 0 heterocycles. The average molecular weight is 223 g/mol. The molecule has 15 heavy (non-hydrogen) atoms. The van der Waals surface area contributed by atoms with E-state index in [1.165, 1.54) is 11.3 Å². The van der Waals surface area contributed by atoms with Gasteiger partial charge in [0.05, 0.1) is 0 Å². The minimum Gasteiger partial charge on any atom is -0.385 e. The summed E-state index contributed by atoms with van der Waals surface area (Å²) in [4.78, 5) is 0. The molecule has 0 radical (unpaired) electrons. The molecule has 0 saturated heterocycles. The fraction of sp³-hybridized carbons (Fsp3) is 0.538. The van der Waals surface area contributed by atoms with Crippen LogP contribution in [0.2, 0.25) is 0 Å². The third-order valence-corrected chi connectivity index (χ3v) is 2.71. The first-order chi connectivity index (χ1) is 7.01. The van der Waals surface area contributed by atoms with Crippen molar-refractivity contribution in [1.82, 2.24) is 0 Å². The fourth-order valence-corrected chi connectivity index (χ4v) is 1.78. The molecule has 0 bridgehead atoms. The SMILES string of the molecule is CSCc1ccc(NCC(C)(C)C)cc1. The van der Waals surface area contributed by atoms with E-state index in [1.54, 1.807) is 0 Å². The van der Waals surface area contributed by atoms with Gasteiger partial charge in [0, 0.05) is 18.0 Å². The van der Waals surface area contributed by atoms with Gasteiger partial charge in [-0.1, -0.05) is 32.9 Å². The molecule has 0 aromatic heterocycles. The van der Waals surface area contributed by atoms with Crippen LogP contribution in [0.15, 0.2) is 24.3 Å². The van der Waals surface area contributed by atoms with Crippen molar-refractivity contribution in [1.29, 1.82) is 0 Å². The summed E-state index contributed by atoms with van der Waals surface area (Å²) in [5, 5.41) is 3.45. The first-order valence-corrected chi connectivity index (χ1v) is 6.72. The molecule has 84 valence electrons. The van der Waals surface area contributed by atoms with Gasteiger partial charge in [-0.15, -0.1) is 0 Å². The van der Waals surface area contributed by atoms with E-state index in [0.717, 1.165) is 12.3 Å². The highest BCUT2D eigenvalue weighted by Crippen LogP contribution is 2.17. The molecule has 2 heteroatoms. The van der Waals surface area contributed by atoms with Crippen molar-refractivity contribution >= 4 is 17.4 Å². The predicted molar refractivity (Wildman–Crippen MR) is 71.6 cm³/mol. The van der Waals surface area contributed by atoms with Crippen LogP contribution in [-0.2, 0) is 5.75 Å². The zero-order valence-electron chi connectivity index (χ0n) is 10.1. The van der Waals surface area contributed by atoms with Crippen LogP contribution in [-0.4, -0.2) is 12.8 Å². The Bertz CT molecular complexity index is 284. The van der Waals surface area contributed by atoms with E-state index < -0.39 is 0 Å². The minimum atomic E-state index is 0.331. The monoisotopic (exact) mass is 223 g/mol. The smallest absolute Gasteiger partial charge is 0.0340 e. The maximum absolute atomic E-state index is 3.45. The summed E-state index contributed by atoms with van der Waals surface area (Å²) < 4.78 is 0. The van der Waals surface area contributed by atoms with Crippen LogP contribution in [0.4, 0.5) is 5.69 Å². The molecule has 0 spiro atoms. The number of hydrogen-bond donors (Lipinski definition) is 1. The van der Waals surface area contributed by atoms with E-state index in [1.807, 2.05) is 11.8 Å². The van der Waals surface area contributed by atoms with Crippen LogP contribution in [0, 0.1) is 5.41 Å². The predicted octanol–water partition coefficient (Wildman–Crippen LogP) is 4.01. The van der Waals surface area contributed by atoms with E-state index >= 15 is 0 Å². The molecule has 1 aromatic rings. The van der Waals surface area contributed by atoms with E-state index in [2.05, 4.69) is 56.6 Å². The molecule has 0 aliphatic carbocycles. The summed E-state index contributed by atoms with van der Waals surface area (Å²) in [5.74, 6) is 1.10. The number of nitrogens with one attached hydrogen (secondary N) is 1. The molecule has 0 amide bonds. The number of hydrogen-bond acceptors (Lipinski definition) is 2. The second-order valence-electron chi connectivity index (χ2n) is 5.04. The van der Waals surface area contributed by atoms with Crippen molar-refractivity contribution in [2.45, 2.75) is 26.5 Å². The van der Waals surface area contributed by atoms with Crippen molar-refractivity contribution < 1.29 is 0 Å². The van der Waals surface area contributed by atoms with E-state index in [0.29, 0.717) is 5.41 Å². The molecule has 0 fully saturated rings. The highest BCUT2D eigenvalue weighted by atomic mass is 32.2. The van der Waals surface area contributed by atoms with Gasteiger partial charge in [0.15, 0.2) is 0 Å². The van der Waals surface area contributed by atoms with Gasteiger partial charge in [0.2, 0.25) is 0 Å². The van der Waals surface area contributed by atoms with Crippen LogP contribution >= 0.6 is 11.8 Å². The van der Waals surface area contributed by atoms with E-state index in [9.17, 15) is 0 Å². The summed E-state index contributed by atoms with van der Waals surface area (Å²) in [6.07, 6.45) is 2.13. The highest BCUT2D eigenvalue weighted by molar-refractivity contribution is 7.97. The molecular formula is C13H21NS. The second kappa shape index (κ2) is 5.45. The molecule has 0 aliphatic rings. The summed E-state index contributed by atoms with van der Waals surface area (Å²) in [6, 6.07) is 8.72. The summed E-state index contributed by atoms with van der Waals surface area (Å²) in [5.41, 5.74) is 2.94. The van der Waals surface area contributed by atoms with Gasteiger partial charge in [0.1, 0.15) is 0 Å². The van der Waals surface area contributed by atoms with Crippen molar-refractivity contribution in [2.75, 3.05) is 18.1 Å². The normalized spacial score (nSPS) is 11.5. The van der Waals surface area contributed by atoms with Crippen LogP contribution in [0.25, 0.3) is 0 Å². The van der Waals surface area contributed by atoms with Crippen molar-refractivity contribution in [3.05, 3.63) is 29.8 Å². The van der Waals surface area contributed by atoms with Gasteiger partial charge in [0.25, 0.3) is 0 Å². The standard InChI is InChI=1S/C13H21NS/c1-13(2,3)10-14-12-7-5-11(6-8-12)9-15-4/h5-8,14H,9-10H2,1-4H3. The molecule has 1 aromatic carbocycles. The van der Waals surface area contributed by atoms with Gasteiger partial charge in [-0.2, -0.15) is 11.8 Å². The average Bonchev–Trinajstić information content (AvgIpc) is 2.16. The lowest BCUT2D eigenvalue weighted by molar-refractivity contribution is 0.443. The summed E-state index contributed by atoms with van der Waals surface area (Å²) in [6.45, 7) is 7.72. The Labute approximate surface area is 97.7 Å². The fourth-order valence-electron chi connectivity index (χ4n) is 1.25. The maximum Gasteiger partial charge on any atom is 0.0340 e. The zero-order chi connectivity index (χ0) is 11.3. The Morgan fingerprint density at radius 3 is 2.20 bits per heavy atom. The Hall–Kier alpha value is -0.630. The molecule has 0 aliphatic heterocycles. The molecule has 0 saturated carbocycles. The van der Waals surface area contributed by atoms with Crippen LogP contribution in [0.3, 0.4) is 0 Å². The molecular weight excluding hydrogens is 202 g/mol. The Morgan fingerprint density at radius 2 is 1.73 bits per heavy atom. The lowest BCUT2D eigenvalue weighted by Crippen LogP contribution is -2.18. The third kappa shape index (κ3) is 5.12. The van der Waals surface area contributed by atoms with Crippen LogP contribution < -0.4 is 5.32 Å². The van der Waals surface area contributed by atoms with E-state index in [4.69, 9.17) is 0 Å². The number of rotatable bonds is 4. The molecule has 1 nitrogen and oxygen atoms in total. The summed E-state index contributed by atoms with van der Waals surface area (Å²) >= 11 is 1.86. The summed E-state index contributed by atoms with van der Waals surface area (Å²) in [7, 11) is 0. The van der Waals surface area contributed by atoms with Gasteiger partial charge < -0.3 is 5.32 Å². The van der Waals surface area contributed by atoms with Gasteiger partial charge in [-0.25, -0.2) is 0 Å². The quantitative estimate of drug-likeness (QED) is 0.828. The zero-order valence-corrected chi connectivity index (χ0v) is 10.9. The lowest BCUT2D eigenvalue weighted by Gasteiger charge is -2.19. The van der Waals surface area contributed by atoms with Gasteiger partial charge >= 0.3 is 0 Å². The lowest BCUT2D eigenvalue weighted by atomic mass is 9.97. The van der Waals surface area contributed by atoms with Gasteiger partial charge in [-0.3, -0.25) is 0 Å². The first-order valence-electron chi connectivity index (χ1n) is 5.33. The third-order valence-electron chi connectivity index (χ3n) is 2.09. The largest absolute Gasteiger partial charge is 0.385 e. The van der Waals surface area contributed by atoms with Crippen molar-refractivity contribution in [3.63, 3.8) is 0 Å². The number of thioether (sulfide) groups is 1.